The van der Waals surface area contributed by atoms with Crippen molar-refractivity contribution >= 4 is 23.2 Å². The summed E-state index contributed by atoms with van der Waals surface area (Å²) in [5, 5.41) is 2.89. The van der Waals surface area contributed by atoms with Crippen molar-refractivity contribution in [3.05, 3.63) is 95.6 Å². The molecule has 0 aliphatic carbocycles. The molecule has 0 aliphatic rings. The van der Waals surface area contributed by atoms with E-state index in [1.54, 1.807) is 4.90 Å². The summed E-state index contributed by atoms with van der Waals surface area (Å²) < 4.78 is 0. The van der Waals surface area contributed by atoms with E-state index in [0.717, 1.165) is 28.1 Å². The van der Waals surface area contributed by atoms with E-state index < -0.39 is 0 Å². The Morgan fingerprint density at radius 3 is 1.96 bits per heavy atom. The molecule has 0 atom stereocenters. The maximum absolute atomic E-state index is 13.0. The Labute approximate surface area is 165 Å². The fourth-order valence-corrected chi connectivity index (χ4v) is 3.13. The van der Waals surface area contributed by atoms with Gasteiger partial charge in [-0.3, -0.25) is 9.59 Å². The second-order valence-corrected chi connectivity index (χ2v) is 6.79. The lowest BCUT2D eigenvalue weighted by Crippen LogP contribution is -2.33. The van der Waals surface area contributed by atoms with Gasteiger partial charge in [-0.15, -0.1) is 0 Å². The van der Waals surface area contributed by atoms with Crippen LogP contribution in [0.3, 0.4) is 0 Å². The maximum Gasteiger partial charge on any atom is 0.236 e. The molecular formula is C24H24N2O2. The van der Waals surface area contributed by atoms with Crippen molar-refractivity contribution in [1.82, 2.24) is 0 Å². The maximum atomic E-state index is 13.0. The van der Waals surface area contributed by atoms with Crippen LogP contribution in [0.4, 0.5) is 11.4 Å². The Morgan fingerprint density at radius 1 is 0.786 bits per heavy atom. The highest BCUT2D eigenvalue weighted by atomic mass is 16.2. The summed E-state index contributed by atoms with van der Waals surface area (Å²) in [6.45, 7) is 4.30. The topological polar surface area (TPSA) is 49.4 Å². The predicted octanol–water partition coefficient (Wildman–Crippen LogP) is 4.87. The average molecular weight is 372 g/mol. The van der Waals surface area contributed by atoms with Gasteiger partial charge in [0.05, 0.1) is 6.54 Å². The summed E-state index contributed by atoms with van der Waals surface area (Å²) in [7, 11) is 0. The Bertz CT molecular complexity index is 933. The molecule has 0 saturated carbocycles. The number of hydrogen-bond donors (Lipinski definition) is 1. The number of carbonyl (C=O) groups is 2. The number of aryl methyl sites for hydroxylation is 2. The van der Waals surface area contributed by atoms with Crippen LogP contribution in [0, 0.1) is 13.8 Å². The Hall–Kier alpha value is -3.40. The number of para-hydroxylation sites is 2. The van der Waals surface area contributed by atoms with Gasteiger partial charge in [0.15, 0.2) is 0 Å². The fourth-order valence-electron chi connectivity index (χ4n) is 3.13. The highest BCUT2D eigenvalue weighted by molar-refractivity contribution is 6.09. The Kier molecular flexibility index (Phi) is 6.22. The van der Waals surface area contributed by atoms with Gasteiger partial charge in [-0.25, -0.2) is 0 Å². The fraction of sp³-hybridized carbons (Fsp3) is 0.167. The van der Waals surface area contributed by atoms with Crippen LogP contribution in [0.2, 0.25) is 0 Å². The molecule has 0 spiro atoms. The zero-order valence-corrected chi connectivity index (χ0v) is 16.2. The number of nitrogens with zero attached hydrogens (tertiary/aromatic N) is 1. The van der Waals surface area contributed by atoms with E-state index in [1.165, 1.54) is 0 Å². The van der Waals surface area contributed by atoms with Crippen LogP contribution in [0.15, 0.2) is 78.9 Å². The first-order chi connectivity index (χ1) is 13.5. The lowest BCUT2D eigenvalue weighted by molar-refractivity contribution is -0.125. The molecule has 142 valence electrons. The number of benzene rings is 3. The predicted molar refractivity (Wildman–Crippen MR) is 113 cm³/mol. The van der Waals surface area contributed by atoms with Gasteiger partial charge in [0.2, 0.25) is 11.8 Å². The van der Waals surface area contributed by atoms with E-state index in [-0.39, 0.29) is 18.2 Å². The van der Waals surface area contributed by atoms with Crippen LogP contribution in [0.1, 0.15) is 23.1 Å². The monoisotopic (exact) mass is 372 g/mol. The Morgan fingerprint density at radius 2 is 1.36 bits per heavy atom. The summed E-state index contributed by atoms with van der Waals surface area (Å²) in [4.78, 5) is 27.2. The first-order valence-corrected chi connectivity index (χ1v) is 9.30. The molecule has 28 heavy (non-hydrogen) atoms. The quantitative estimate of drug-likeness (QED) is 0.628. The Balaban J connectivity index is 1.76. The minimum Gasteiger partial charge on any atom is -0.325 e. The van der Waals surface area contributed by atoms with E-state index in [4.69, 9.17) is 0 Å². The summed E-state index contributed by atoms with van der Waals surface area (Å²) in [5.74, 6) is -0.546. The third-order valence-corrected chi connectivity index (χ3v) is 4.61. The molecule has 0 bridgehead atoms. The van der Waals surface area contributed by atoms with Gasteiger partial charge in [0, 0.05) is 11.4 Å². The van der Waals surface area contributed by atoms with Gasteiger partial charge < -0.3 is 10.2 Å². The second kappa shape index (κ2) is 9.00. The van der Waals surface area contributed by atoms with Crippen LogP contribution in [0.5, 0.6) is 0 Å². The van der Waals surface area contributed by atoms with Gasteiger partial charge >= 0.3 is 0 Å². The van der Waals surface area contributed by atoms with E-state index in [9.17, 15) is 9.59 Å². The van der Waals surface area contributed by atoms with Crippen molar-refractivity contribution in [2.45, 2.75) is 26.8 Å². The van der Waals surface area contributed by atoms with Crippen molar-refractivity contribution in [2.24, 2.45) is 0 Å². The molecule has 1 N–H and O–H groups in total. The van der Waals surface area contributed by atoms with Crippen LogP contribution in [-0.2, 0) is 16.1 Å². The third-order valence-electron chi connectivity index (χ3n) is 4.61. The summed E-state index contributed by atoms with van der Waals surface area (Å²) in [5.41, 5.74) is 4.51. The molecule has 0 radical (unpaired) electrons. The van der Waals surface area contributed by atoms with E-state index in [1.807, 2.05) is 92.7 Å². The van der Waals surface area contributed by atoms with Crippen molar-refractivity contribution in [2.75, 3.05) is 10.2 Å². The molecule has 0 heterocycles. The van der Waals surface area contributed by atoms with Gasteiger partial charge in [-0.2, -0.15) is 0 Å². The van der Waals surface area contributed by atoms with Gasteiger partial charge in [-0.05, 0) is 42.7 Å². The highest BCUT2D eigenvalue weighted by Crippen LogP contribution is 2.21. The van der Waals surface area contributed by atoms with Gasteiger partial charge in [0.1, 0.15) is 6.42 Å². The molecule has 0 aromatic heterocycles. The van der Waals surface area contributed by atoms with Crippen molar-refractivity contribution in [1.29, 1.82) is 0 Å². The number of hydrogen-bond acceptors (Lipinski definition) is 2. The minimum absolute atomic E-state index is 0.213. The molecule has 4 nitrogen and oxygen atoms in total. The normalized spacial score (nSPS) is 10.4. The number of rotatable bonds is 6. The van der Waals surface area contributed by atoms with Gasteiger partial charge in [-0.1, -0.05) is 66.7 Å². The first kappa shape index (κ1) is 19.4. The number of anilines is 2. The molecule has 3 aromatic carbocycles. The summed E-state index contributed by atoms with van der Waals surface area (Å²) in [6, 6.07) is 25.0. The molecule has 0 fully saturated rings. The van der Waals surface area contributed by atoms with Gasteiger partial charge in [0.25, 0.3) is 0 Å². The minimum atomic E-state index is -0.309. The lowest BCUT2D eigenvalue weighted by Gasteiger charge is -2.23. The number of carbonyl (C=O) groups excluding carboxylic acids is 2. The number of nitrogens with one attached hydrogen (secondary N) is 1. The molecule has 3 aromatic rings. The summed E-state index contributed by atoms with van der Waals surface area (Å²) in [6.07, 6.45) is -0.213. The average Bonchev–Trinajstić information content (AvgIpc) is 2.70. The highest BCUT2D eigenvalue weighted by Gasteiger charge is 2.20. The molecule has 0 aliphatic heterocycles. The van der Waals surface area contributed by atoms with Crippen LogP contribution in [-0.4, -0.2) is 11.8 Å². The summed E-state index contributed by atoms with van der Waals surface area (Å²) >= 11 is 0. The van der Waals surface area contributed by atoms with E-state index in [2.05, 4.69) is 5.32 Å². The SMILES string of the molecule is Cc1cccc(C)c1NC(=O)CC(=O)N(Cc1ccccc1)c1ccccc1. The molecule has 0 unspecified atom stereocenters. The zero-order valence-electron chi connectivity index (χ0n) is 16.2. The standard InChI is InChI=1S/C24H24N2O2/c1-18-10-9-11-19(2)24(18)25-22(27)16-23(28)26(21-14-7-4-8-15-21)17-20-12-5-3-6-13-20/h3-15H,16-17H2,1-2H3,(H,25,27). The van der Waals surface area contributed by atoms with Crippen molar-refractivity contribution < 1.29 is 9.59 Å². The molecular weight excluding hydrogens is 348 g/mol. The first-order valence-electron chi connectivity index (χ1n) is 9.30. The lowest BCUT2D eigenvalue weighted by atomic mass is 10.1. The largest absolute Gasteiger partial charge is 0.325 e. The smallest absolute Gasteiger partial charge is 0.236 e. The third kappa shape index (κ3) is 4.86. The molecule has 2 amide bonds. The second-order valence-electron chi connectivity index (χ2n) is 6.79. The van der Waals surface area contributed by atoms with E-state index in [0.29, 0.717) is 6.54 Å². The van der Waals surface area contributed by atoms with Crippen LogP contribution in [0.25, 0.3) is 0 Å². The van der Waals surface area contributed by atoms with E-state index >= 15 is 0 Å². The molecule has 0 saturated heterocycles. The zero-order chi connectivity index (χ0) is 19.9. The van der Waals surface area contributed by atoms with Crippen molar-refractivity contribution in [3.63, 3.8) is 0 Å². The van der Waals surface area contributed by atoms with Crippen LogP contribution < -0.4 is 10.2 Å². The molecule has 4 heteroatoms. The molecule has 3 rings (SSSR count). The van der Waals surface area contributed by atoms with Crippen molar-refractivity contribution in [3.8, 4) is 0 Å². The van der Waals surface area contributed by atoms with Crippen LogP contribution >= 0.6 is 0 Å². The number of amides is 2.